The number of nitrogens with one attached hydrogen (secondary N) is 1. The Bertz CT molecular complexity index is 850. The summed E-state index contributed by atoms with van der Waals surface area (Å²) in [5, 5.41) is 2.87. The maximum atomic E-state index is 12.1. The molecule has 126 valence electrons. The predicted molar refractivity (Wildman–Crippen MR) is 96.6 cm³/mol. The number of carbonyl (C=O) groups is 1. The van der Waals surface area contributed by atoms with Crippen LogP contribution in [0.25, 0.3) is 11.3 Å². The summed E-state index contributed by atoms with van der Waals surface area (Å²) in [6, 6.07) is 18.6. The van der Waals surface area contributed by atoms with E-state index >= 15 is 0 Å². The van der Waals surface area contributed by atoms with E-state index in [4.69, 9.17) is 4.74 Å². The number of hydrogen-bond donors (Lipinski definition) is 1. The number of nitrogens with zero attached hydrogens (tertiary/aromatic N) is 2. The smallest absolute Gasteiger partial charge is 0.251 e. The maximum absolute atomic E-state index is 12.1. The molecule has 0 aliphatic rings. The zero-order chi connectivity index (χ0) is 17.5. The Hall–Kier alpha value is -3.21. The molecule has 0 bridgehead atoms. The van der Waals surface area contributed by atoms with E-state index in [1.807, 2.05) is 55.5 Å². The quantitative estimate of drug-likeness (QED) is 0.738. The van der Waals surface area contributed by atoms with Crippen molar-refractivity contribution in [3.8, 4) is 22.9 Å². The molecule has 0 radical (unpaired) electrons. The van der Waals surface area contributed by atoms with Gasteiger partial charge in [-0.25, -0.2) is 9.97 Å². The topological polar surface area (TPSA) is 64.1 Å². The van der Waals surface area contributed by atoms with Crippen LogP contribution in [0.4, 0.5) is 0 Å². The molecule has 1 amide bonds. The van der Waals surface area contributed by atoms with Gasteiger partial charge in [0.25, 0.3) is 5.91 Å². The van der Waals surface area contributed by atoms with Crippen LogP contribution in [0.5, 0.6) is 11.6 Å². The van der Waals surface area contributed by atoms with Crippen molar-refractivity contribution in [2.75, 3.05) is 6.54 Å². The number of amides is 1. The largest absolute Gasteiger partial charge is 0.439 e. The van der Waals surface area contributed by atoms with E-state index < -0.39 is 0 Å². The summed E-state index contributed by atoms with van der Waals surface area (Å²) in [6.07, 6.45) is 2.36. The third kappa shape index (κ3) is 4.41. The first-order valence-corrected chi connectivity index (χ1v) is 8.20. The lowest BCUT2D eigenvalue weighted by molar-refractivity contribution is 0.0953. The van der Waals surface area contributed by atoms with Gasteiger partial charge in [-0.05, 0) is 30.7 Å². The molecular weight excluding hydrogens is 314 g/mol. The highest BCUT2D eigenvalue weighted by Gasteiger charge is 2.08. The van der Waals surface area contributed by atoms with Crippen molar-refractivity contribution in [3.63, 3.8) is 0 Å². The van der Waals surface area contributed by atoms with Crippen LogP contribution in [0.3, 0.4) is 0 Å². The first-order valence-electron chi connectivity index (χ1n) is 8.20. The number of carbonyl (C=O) groups excluding carboxylic acids is 1. The number of aromatic nitrogens is 2. The first kappa shape index (κ1) is 16.6. The van der Waals surface area contributed by atoms with Crippen molar-refractivity contribution in [1.82, 2.24) is 15.3 Å². The molecule has 0 saturated heterocycles. The van der Waals surface area contributed by atoms with Crippen LogP contribution in [-0.2, 0) is 0 Å². The van der Waals surface area contributed by atoms with Gasteiger partial charge in [0, 0.05) is 23.7 Å². The monoisotopic (exact) mass is 333 g/mol. The molecule has 3 rings (SSSR count). The average Bonchev–Trinajstić information content (AvgIpc) is 2.67. The van der Waals surface area contributed by atoms with Crippen molar-refractivity contribution in [3.05, 3.63) is 72.6 Å². The fourth-order valence-electron chi connectivity index (χ4n) is 2.32. The van der Waals surface area contributed by atoms with Gasteiger partial charge in [-0.2, -0.15) is 0 Å². The lowest BCUT2D eigenvalue weighted by atomic mass is 10.1. The number of para-hydroxylation sites is 1. The van der Waals surface area contributed by atoms with Crippen LogP contribution in [-0.4, -0.2) is 22.4 Å². The highest BCUT2D eigenvalue weighted by atomic mass is 16.5. The number of benzene rings is 2. The van der Waals surface area contributed by atoms with Gasteiger partial charge in [0.2, 0.25) is 5.88 Å². The van der Waals surface area contributed by atoms with Crippen LogP contribution in [0, 0.1) is 0 Å². The van der Waals surface area contributed by atoms with Gasteiger partial charge in [-0.1, -0.05) is 37.3 Å². The fraction of sp³-hybridized carbons (Fsp3) is 0.150. The Morgan fingerprint density at radius 2 is 1.88 bits per heavy atom. The lowest BCUT2D eigenvalue weighted by Crippen LogP contribution is -2.23. The molecule has 0 atom stereocenters. The summed E-state index contributed by atoms with van der Waals surface area (Å²) in [5.74, 6) is 1.08. The molecule has 1 N–H and O–H groups in total. The predicted octanol–water partition coefficient (Wildman–Crippen LogP) is 4.08. The SMILES string of the molecule is CCCNC(=O)c1cccc(-c2cc(Oc3ccccc3)ncn2)c1. The van der Waals surface area contributed by atoms with E-state index in [2.05, 4.69) is 15.3 Å². The third-order valence-electron chi connectivity index (χ3n) is 3.56. The van der Waals surface area contributed by atoms with E-state index in [1.165, 1.54) is 6.33 Å². The molecular formula is C20H19N3O2. The molecule has 5 nitrogen and oxygen atoms in total. The zero-order valence-corrected chi connectivity index (χ0v) is 14.0. The number of hydrogen-bond acceptors (Lipinski definition) is 4. The standard InChI is InChI=1S/C20H19N3O2/c1-2-11-21-20(24)16-8-6-7-15(12-16)18-13-19(23-14-22-18)25-17-9-4-3-5-10-17/h3-10,12-14H,2,11H2,1H3,(H,21,24). The zero-order valence-electron chi connectivity index (χ0n) is 14.0. The summed E-state index contributed by atoms with van der Waals surface area (Å²) in [7, 11) is 0. The Balaban J connectivity index is 1.82. The second-order valence-corrected chi connectivity index (χ2v) is 5.49. The second kappa shape index (κ2) is 8.06. The van der Waals surface area contributed by atoms with Crippen molar-refractivity contribution in [1.29, 1.82) is 0 Å². The van der Waals surface area contributed by atoms with Gasteiger partial charge in [0.15, 0.2) is 0 Å². The summed E-state index contributed by atoms with van der Waals surface area (Å²) in [6.45, 7) is 2.68. The van der Waals surface area contributed by atoms with Crippen LogP contribution in [0.15, 0.2) is 67.0 Å². The molecule has 0 aliphatic carbocycles. The van der Waals surface area contributed by atoms with Gasteiger partial charge >= 0.3 is 0 Å². The van der Waals surface area contributed by atoms with Gasteiger partial charge in [-0.3, -0.25) is 4.79 Å². The molecule has 1 heterocycles. The normalized spacial score (nSPS) is 10.3. The summed E-state index contributed by atoms with van der Waals surface area (Å²) >= 11 is 0. The van der Waals surface area contributed by atoms with Gasteiger partial charge < -0.3 is 10.1 Å². The summed E-state index contributed by atoms with van der Waals surface area (Å²) in [5.41, 5.74) is 2.14. The van der Waals surface area contributed by atoms with Crippen LogP contribution < -0.4 is 10.1 Å². The van der Waals surface area contributed by atoms with Crippen molar-refractivity contribution in [2.45, 2.75) is 13.3 Å². The third-order valence-corrected chi connectivity index (χ3v) is 3.56. The Morgan fingerprint density at radius 3 is 2.68 bits per heavy atom. The van der Waals surface area contributed by atoms with E-state index in [0.717, 1.165) is 12.0 Å². The highest BCUT2D eigenvalue weighted by molar-refractivity contribution is 5.95. The minimum Gasteiger partial charge on any atom is -0.439 e. The fourth-order valence-corrected chi connectivity index (χ4v) is 2.32. The molecule has 0 fully saturated rings. The Kier molecular flexibility index (Phi) is 5.36. The molecule has 0 aliphatic heterocycles. The Morgan fingerprint density at radius 1 is 1.04 bits per heavy atom. The van der Waals surface area contributed by atoms with E-state index in [-0.39, 0.29) is 5.91 Å². The van der Waals surface area contributed by atoms with E-state index in [9.17, 15) is 4.79 Å². The van der Waals surface area contributed by atoms with E-state index in [0.29, 0.717) is 29.4 Å². The molecule has 3 aromatic rings. The van der Waals surface area contributed by atoms with Gasteiger partial charge in [0.05, 0.1) is 5.69 Å². The lowest BCUT2D eigenvalue weighted by Gasteiger charge is -2.08. The van der Waals surface area contributed by atoms with Crippen LogP contribution in [0.2, 0.25) is 0 Å². The van der Waals surface area contributed by atoms with E-state index in [1.54, 1.807) is 12.1 Å². The molecule has 2 aromatic carbocycles. The van der Waals surface area contributed by atoms with Gasteiger partial charge in [0.1, 0.15) is 12.1 Å². The molecule has 1 aromatic heterocycles. The molecule has 0 saturated carbocycles. The maximum Gasteiger partial charge on any atom is 0.251 e. The molecule has 25 heavy (non-hydrogen) atoms. The molecule has 0 spiro atoms. The van der Waals surface area contributed by atoms with Crippen molar-refractivity contribution in [2.24, 2.45) is 0 Å². The van der Waals surface area contributed by atoms with Crippen LogP contribution >= 0.6 is 0 Å². The summed E-state index contributed by atoms with van der Waals surface area (Å²) in [4.78, 5) is 20.6. The number of rotatable bonds is 6. The molecule has 5 heteroatoms. The Labute approximate surface area is 146 Å². The first-order chi connectivity index (χ1) is 12.3. The highest BCUT2D eigenvalue weighted by Crippen LogP contribution is 2.24. The second-order valence-electron chi connectivity index (χ2n) is 5.49. The molecule has 0 unspecified atom stereocenters. The van der Waals surface area contributed by atoms with Gasteiger partial charge in [-0.15, -0.1) is 0 Å². The minimum absolute atomic E-state index is 0.0847. The van der Waals surface area contributed by atoms with Crippen molar-refractivity contribution >= 4 is 5.91 Å². The minimum atomic E-state index is -0.0847. The van der Waals surface area contributed by atoms with Crippen LogP contribution in [0.1, 0.15) is 23.7 Å². The number of ether oxygens (including phenoxy) is 1. The average molecular weight is 333 g/mol. The summed E-state index contributed by atoms with van der Waals surface area (Å²) < 4.78 is 5.74. The van der Waals surface area contributed by atoms with Crippen molar-refractivity contribution < 1.29 is 9.53 Å².